The van der Waals surface area contributed by atoms with Gasteiger partial charge in [-0.2, -0.15) is 0 Å². The van der Waals surface area contributed by atoms with Crippen molar-refractivity contribution in [3.05, 3.63) is 168 Å². The first-order chi connectivity index (χ1) is 32.1. The Hall–Kier alpha value is -7.24. The molecule has 0 unspecified atom stereocenters. The lowest BCUT2D eigenvalue weighted by Crippen LogP contribution is -2.17. The summed E-state index contributed by atoms with van der Waals surface area (Å²) in [6.45, 7) is 22.4. The Morgan fingerprint density at radius 3 is 1.82 bits per heavy atom. The first-order valence-corrected chi connectivity index (χ1v) is 23.8. The van der Waals surface area contributed by atoms with Gasteiger partial charge in [-0.25, -0.2) is 9.97 Å². The van der Waals surface area contributed by atoms with Gasteiger partial charge in [-0.3, -0.25) is 4.57 Å². The average molecular weight is 876 g/mol. The number of para-hydroxylation sites is 2. The molecule has 1 N–H and O–H groups in total. The Morgan fingerprint density at radius 1 is 0.493 bits per heavy atom. The lowest BCUT2D eigenvalue weighted by atomic mass is 9.78. The van der Waals surface area contributed by atoms with Crippen molar-refractivity contribution in [2.24, 2.45) is 0 Å². The summed E-state index contributed by atoms with van der Waals surface area (Å²) in [4.78, 5) is 11.4. The molecule has 67 heavy (non-hydrogen) atoms. The standard InChI is InChI=1S/C62H57N3O2/c1-35(2)45-29-38(37-19-12-11-13-20-37)30-46(36(3)4)58(45)65-53-25-18-24-44(57(53)64-60(65)50-31-39(61(5,6)7)32-51(59(50)66)62(8,9)10)52-28-27-43-40-21-14-15-22-41(40)47-33-48-42-23-16-17-26-54(42)67-55(48)34-49(47)56(43)63-52/h11-36,66H,1-10H3. The maximum absolute atomic E-state index is 12.7. The van der Waals surface area contributed by atoms with Gasteiger partial charge in [0.2, 0.25) is 0 Å². The minimum Gasteiger partial charge on any atom is -0.507 e. The van der Waals surface area contributed by atoms with Crippen LogP contribution in [-0.4, -0.2) is 19.6 Å². The quantitative estimate of drug-likeness (QED) is 0.169. The molecule has 11 rings (SSSR count). The second kappa shape index (κ2) is 15.4. The zero-order chi connectivity index (χ0) is 46.7. The fourth-order valence-corrected chi connectivity index (χ4v) is 10.3. The van der Waals surface area contributed by atoms with Crippen molar-refractivity contribution in [2.75, 3.05) is 0 Å². The molecule has 0 saturated carbocycles. The number of rotatable bonds is 6. The van der Waals surface area contributed by atoms with Gasteiger partial charge in [0.25, 0.3) is 0 Å². The van der Waals surface area contributed by atoms with Crippen LogP contribution in [0, 0.1) is 0 Å². The molecule has 0 spiro atoms. The molecule has 5 nitrogen and oxygen atoms in total. The molecule has 0 aliphatic carbocycles. The number of phenols is 1. The summed E-state index contributed by atoms with van der Waals surface area (Å²) >= 11 is 0. The Morgan fingerprint density at radius 2 is 1.15 bits per heavy atom. The normalized spacial score (nSPS) is 12.7. The summed E-state index contributed by atoms with van der Waals surface area (Å²) in [6, 6.07) is 52.0. The zero-order valence-corrected chi connectivity index (χ0v) is 40.2. The highest BCUT2D eigenvalue weighted by atomic mass is 16.3. The number of benzene rings is 8. The van der Waals surface area contributed by atoms with Crippen molar-refractivity contribution < 1.29 is 9.52 Å². The number of aromatic hydroxyl groups is 1. The van der Waals surface area contributed by atoms with E-state index in [1.165, 1.54) is 27.6 Å². The lowest BCUT2D eigenvalue weighted by molar-refractivity contribution is 0.446. The van der Waals surface area contributed by atoms with Gasteiger partial charge in [0, 0.05) is 32.7 Å². The van der Waals surface area contributed by atoms with E-state index in [1.807, 2.05) is 12.1 Å². The molecule has 3 aromatic heterocycles. The van der Waals surface area contributed by atoms with E-state index in [4.69, 9.17) is 14.4 Å². The van der Waals surface area contributed by atoms with Crippen molar-refractivity contribution in [2.45, 2.75) is 91.9 Å². The molecule has 8 aromatic carbocycles. The van der Waals surface area contributed by atoms with E-state index in [2.05, 4.69) is 207 Å². The Balaban J connectivity index is 1.25. The fourth-order valence-electron chi connectivity index (χ4n) is 10.3. The zero-order valence-electron chi connectivity index (χ0n) is 40.2. The number of fused-ring (bicyclic) bond motifs is 10. The van der Waals surface area contributed by atoms with Crippen LogP contribution in [0.25, 0.3) is 105 Å². The van der Waals surface area contributed by atoms with Crippen LogP contribution in [0.15, 0.2) is 150 Å². The molecule has 0 fully saturated rings. The van der Waals surface area contributed by atoms with Gasteiger partial charge in [0.1, 0.15) is 22.7 Å². The number of hydrogen-bond donors (Lipinski definition) is 1. The van der Waals surface area contributed by atoms with Crippen LogP contribution in [-0.2, 0) is 10.8 Å². The lowest BCUT2D eigenvalue weighted by Gasteiger charge is -2.28. The average Bonchev–Trinajstić information content (AvgIpc) is 3.88. The maximum atomic E-state index is 12.7. The Kier molecular flexibility index (Phi) is 9.76. The molecule has 332 valence electrons. The van der Waals surface area contributed by atoms with E-state index in [9.17, 15) is 5.11 Å². The largest absolute Gasteiger partial charge is 0.507 e. The van der Waals surface area contributed by atoms with Crippen molar-refractivity contribution in [1.82, 2.24) is 14.5 Å². The minimum absolute atomic E-state index is 0.174. The summed E-state index contributed by atoms with van der Waals surface area (Å²) in [7, 11) is 0. The SMILES string of the molecule is CC(C)c1cc(-c2ccccc2)cc(C(C)C)c1-n1c(-c2cc(C(C)(C)C)cc(C(C)(C)C)c2O)nc2c(-c3ccc4c5ccccc5c5cc6c(cc5c4n3)oc3ccccc36)cccc21. The second-order valence-electron chi connectivity index (χ2n) is 21.2. The topological polar surface area (TPSA) is 64.1 Å². The third-order valence-electron chi connectivity index (χ3n) is 13.9. The molecule has 11 aromatic rings. The Bertz CT molecular complexity index is 3750. The third kappa shape index (κ3) is 6.89. The van der Waals surface area contributed by atoms with Gasteiger partial charge in [-0.1, -0.05) is 160 Å². The summed E-state index contributed by atoms with van der Waals surface area (Å²) in [5, 5.41) is 20.5. The molecular formula is C62H57N3O2. The molecule has 0 saturated heterocycles. The van der Waals surface area contributed by atoms with E-state index in [0.717, 1.165) is 93.7 Å². The molecule has 0 aliphatic rings. The molecule has 0 aliphatic heterocycles. The van der Waals surface area contributed by atoms with Crippen molar-refractivity contribution in [3.8, 4) is 45.2 Å². The first kappa shape index (κ1) is 42.4. The van der Waals surface area contributed by atoms with E-state index in [-0.39, 0.29) is 28.4 Å². The summed E-state index contributed by atoms with van der Waals surface area (Å²) in [5.41, 5.74) is 14.3. The van der Waals surface area contributed by atoms with Crippen LogP contribution in [0.4, 0.5) is 0 Å². The molecule has 0 amide bonds. The van der Waals surface area contributed by atoms with Gasteiger partial charge in [0.15, 0.2) is 0 Å². The first-order valence-electron chi connectivity index (χ1n) is 23.8. The van der Waals surface area contributed by atoms with Crippen LogP contribution >= 0.6 is 0 Å². The van der Waals surface area contributed by atoms with Crippen LogP contribution in [0.2, 0.25) is 0 Å². The van der Waals surface area contributed by atoms with Gasteiger partial charge in [0.05, 0.1) is 33.5 Å². The smallest absolute Gasteiger partial charge is 0.149 e. The maximum Gasteiger partial charge on any atom is 0.149 e. The van der Waals surface area contributed by atoms with Crippen LogP contribution in [0.3, 0.4) is 0 Å². The highest BCUT2D eigenvalue weighted by Crippen LogP contribution is 2.47. The van der Waals surface area contributed by atoms with Gasteiger partial charge in [-0.15, -0.1) is 0 Å². The van der Waals surface area contributed by atoms with Crippen LogP contribution < -0.4 is 0 Å². The van der Waals surface area contributed by atoms with Gasteiger partial charge >= 0.3 is 0 Å². The summed E-state index contributed by atoms with van der Waals surface area (Å²) in [6.07, 6.45) is 0. The van der Waals surface area contributed by atoms with Crippen LogP contribution in [0.5, 0.6) is 5.75 Å². The number of aromatic nitrogens is 3. The highest BCUT2D eigenvalue weighted by molar-refractivity contribution is 6.27. The summed E-state index contributed by atoms with van der Waals surface area (Å²) in [5.74, 6) is 1.31. The molecule has 0 atom stereocenters. The van der Waals surface area contributed by atoms with Gasteiger partial charge in [-0.05, 0) is 121 Å². The van der Waals surface area contributed by atoms with E-state index >= 15 is 0 Å². The van der Waals surface area contributed by atoms with E-state index in [1.54, 1.807) is 0 Å². The molecule has 3 heterocycles. The predicted molar refractivity (Wildman–Crippen MR) is 282 cm³/mol. The van der Waals surface area contributed by atoms with Gasteiger partial charge < -0.3 is 9.52 Å². The predicted octanol–water partition coefficient (Wildman–Crippen LogP) is 17.3. The highest BCUT2D eigenvalue weighted by Gasteiger charge is 2.31. The number of furan rings is 1. The number of nitrogens with zero attached hydrogens (tertiary/aromatic N) is 3. The van der Waals surface area contributed by atoms with Crippen molar-refractivity contribution in [1.29, 1.82) is 0 Å². The third-order valence-corrected chi connectivity index (χ3v) is 13.9. The molecule has 5 heteroatoms. The van der Waals surface area contributed by atoms with Crippen LogP contribution in [0.1, 0.15) is 103 Å². The fraction of sp³-hybridized carbons (Fsp3) is 0.226. The Labute approximate surface area is 392 Å². The number of hydrogen-bond acceptors (Lipinski definition) is 4. The number of phenolic OH excluding ortho intramolecular Hbond substituents is 1. The van der Waals surface area contributed by atoms with E-state index in [0.29, 0.717) is 5.82 Å². The second-order valence-corrected chi connectivity index (χ2v) is 21.2. The number of pyridine rings is 1. The molecular weight excluding hydrogens is 819 g/mol. The van der Waals surface area contributed by atoms with E-state index < -0.39 is 0 Å². The summed E-state index contributed by atoms with van der Waals surface area (Å²) < 4.78 is 8.84. The van der Waals surface area contributed by atoms with Crippen molar-refractivity contribution in [3.63, 3.8) is 0 Å². The monoisotopic (exact) mass is 875 g/mol. The van der Waals surface area contributed by atoms with Crippen molar-refractivity contribution >= 4 is 65.4 Å². The minimum atomic E-state index is -0.332. The molecule has 0 radical (unpaired) electrons. The molecule has 0 bridgehead atoms. The number of imidazole rings is 1.